The number of amides is 1. The van der Waals surface area contributed by atoms with E-state index < -0.39 is 0 Å². The fourth-order valence-corrected chi connectivity index (χ4v) is 0.997. The minimum atomic E-state index is -0.226. The van der Waals surface area contributed by atoms with Gasteiger partial charge in [-0.1, -0.05) is 6.07 Å². The predicted molar refractivity (Wildman–Crippen MR) is 53.9 cm³/mol. The van der Waals surface area contributed by atoms with E-state index in [9.17, 15) is 4.79 Å². The number of terminal acetylenes is 1. The van der Waals surface area contributed by atoms with E-state index in [4.69, 9.17) is 11.5 Å². The summed E-state index contributed by atoms with van der Waals surface area (Å²) in [6, 6.07) is 6.17. The third kappa shape index (κ3) is 2.83. The lowest BCUT2D eigenvalue weighted by atomic mass is 10.2. The molecule has 0 radical (unpaired) electrons. The van der Waals surface area contributed by atoms with Gasteiger partial charge < -0.3 is 10.4 Å². The second-order valence-electron chi connectivity index (χ2n) is 2.76. The Kier molecular flexibility index (Phi) is 3.57. The molecule has 0 atom stereocenters. The number of hydrogen-bond donors (Lipinski definition) is 2. The number of aromatic hydroxyl groups is 1. The summed E-state index contributed by atoms with van der Waals surface area (Å²) in [6.07, 6.45) is 5.54. The molecule has 0 heterocycles. The molecule has 0 fully saturated rings. The van der Waals surface area contributed by atoms with Crippen molar-refractivity contribution in [2.75, 3.05) is 6.54 Å². The van der Waals surface area contributed by atoms with E-state index in [2.05, 4.69) is 11.2 Å². The molecule has 0 aliphatic carbocycles. The van der Waals surface area contributed by atoms with Gasteiger partial charge in [0.25, 0.3) is 5.91 Å². The molecule has 3 heteroatoms. The minimum Gasteiger partial charge on any atom is -0.508 e. The van der Waals surface area contributed by atoms with Gasteiger partial charge >= 0.3 is 0 Å². The maximum absolute atomic E-state index is 11.4. The van der Waals surface area contributed by atoms with Gasteiger partial charge in [-0.05, 0) is 18.2 Å². The Bertz CT molecular complexity index is 366. The highest BCUT2D eigenvalue weighted by Gasteiger charge is 2.03. The summed E-state index contributed by atoms with van der Waals surface area (Å²) in [4.78, 5) is 11.4. The first-order valence-electron chi connectivity index (χ1n) is 4.24. The second-order valence-corrected chi connectivity index (χ2v) is 2.76. The summed E-state index contributed by atoms with van der Waals surface area (Å²) in [5.74, 6) is 2.27. The van der Waals surface area contributed by atoms with Crippen molar-refractivity contribution in [3.8, 4) is 18.1 Å². The molecule has 2 N–H and O–H groups in total. The molecule has 14 heavy (non-hydrogen) atoms. The zero-order valence-corrected chi connectivity index (χ0v) is 7.66. The minimum absolute atomic E-state index is 0.0783. The zero-order valence-electron chi connectivity index (χ0n) is 7.66. The molecule has 0 aliphatic rings. The number of carbonyl (C=O) groups is 1. The number of phenolic OH excluding ortho intramolecular Hbond substituents is 1. The monoisotopic (exact) mass is 189 g/mol. The molecular weight excluding hydrogens is 178 g/mol. The first-order valence-corrected chi connectivity index (χ1v) is 4.24. The molecule has 1 aromatic carbocycles. The van der Waals surface area contributed by atoms with Crippen LogP contribution in [0.15, 0.2) is 24.3 Å². The molecule has 0 unspecified atom stereocenters. The standard InChI is InChI=1S/C11H11NO2/c1-2-3-7-12-11(14)9-5-4-6-10(13)8-9/h1,4-6,8,13H,3,7H2,(H,12,14). The van der Waals surface area contributed by atoms with Gasteiger partial charge in [-0.15, -0.1) is 12.3 Å². The van der Waals surface area contributed by atoms with Crippen LogP contribution >= 0.6 is 0 Å². The molecule has 0 spiro atoms. The second kappa shape index (κ2) is 4.93. The van der Waals surface area contributed by atoms with E-state index in [1.165, 1.54) is 12.1 Å². The lowest BCUT2D eigenvalue weighted by molar-refractivity contribution is 0.0954. The molecule has 1 amide bonds. The van der Waals surface area contributed by atoms with Crippen LogP contribution in [0.2, 0.25) is 0 Å². The fraction of sp³-hybridized carbons (Fsp3) is 0.182. The van der Waals surface area contributed by atoms with Crippen LogP contribution < -0.4 is 5.32 Å². The van der Waals surface area contributed by atoms with Crippen molar-refractivity contribution < 1.29 is 9.90 Å². The van der Waals surface area contributed by atoms with E-state index >= 15 is 0 Å². The topological polar surface area (TPSA) is 49.3 Å². The van der Waals surface area contributed by atoms with E-state index in [-0.39, 0.29) is 11.7 Å². The van der Waals surface area contributed by atoms with E-state index in [0.29, 0.717) is 18.5 Å². The largest absolute Gasteiger partial charge is 0.508 e. The maximum Gasteiger partial charge on any atom is 0.251 e. The molecule has 3 nitrogen and oxygen atoms in total. The number of nitrogens with one attached hydrogen (secondary N) is 1. The summed E-state index contributed by atoms with van der Waals surface area (Å²) in [7, 11) is 0. The molecule has 1 aromatic rings. The van der Waals surface area contributed by atoms with Gasteiger partial charge in [0, 0.05) is 18.5 Å². The van der Waals surface area contributed by atoms with Crippen LogP contribution in [0, 0.1) is 12.3 Å². The maximum atomic E-state index is 11.4. The average molecular weight is 189 g/mol. The van der Waals surface area contributed by atoms with Gasteiger partial charge in [0.2, 0.25) is 0 Å². The van der Waals surface area contributed by atoms with Crippen LogP contribution in [0.3, 0.4) is 0 Å². The molecule has 0 aromatic heterocycles. The molecular formula is C11H11NO2. The molecule has 0 aliphatic heterocycles. The molecule has 1 rings (SSSR count). The van der Waals surface area contributed by atoms with Crippen molar-refractivity contribution in [2.24, 2.45) is 0 Å². The van der Waals surface area contributed by atoms with Crippen LogP contribution in [-0.4, -0.2) is 17.6 Å². The van der Waals surface area contributed by atoms with Crippen molar-refractivity contribution in [1.29, 1.82) is 0 Å². The van der Waals surface area contributed by atoms with Gasteiger partial charge in [0.1, 0.15) is 5.75 Å². The van der Waals surface area contributed by atoms with Crippen LogP contribution in [0.5, 0.6) is 5.75 Å². The van der Waals surface area contributed by atoms with Gasteiger partial charge in [-0.25, -0.2) is 0 Å². The van der Waals surface area contributed by atoms with Crippen molar-refractivity contribution in [3.05, 3.63) is 29.8 Å². The number of rotatable bonds is 3. The van der Waals surface area contributed by atoms with Crippen molar-refractivity contribution >= 4 is 5.91 Å². The average Bonchev–Trinajstić information content (AvgIpc) is 2.18. The molecule has 0 saturated heterocycles. The SMILES string of the molecule is C#CCCNC(=O)c1cccc(O)c1. The van der Waals surface area contributed by atoms with Crippen LogP contribution in [0.25, 0.3) is 0 Å². The Labute approximate surface area is 82.8 Å². The summed E-state index contributed by atoms with van der Waals surface area (Å²) in [5.41, 5.74) is 0.432. The molecule has 72 valence electrons. The first-order chi connectivity index (χ1) is 6.74. The lowest BCUT2D eigenvalue weighted by Gasteiger charge is -2.02. The Morgan fingerprint density at radius 3 is 3.00 bits per heavy atom. The predicted octanol–water partition coefficient (Wildman–Crippen LogP) is 1.15. The number of hydrogen-bond acceptors (Lipinski definition) is 2. The molecule has 0 saturated carbocycles. The van der Waals surface area contributed by atoms with E-state index in [0.717, 1.165) is 0 Å². The number of carbonyl (C=O) groups excluding carboxylic acids is 1. The third-order valence-electron chi connectivity index (χ3n) is 1.66. The normalized spacial score (nSPS) is 9.07. The number of phenols is 1. The van der Waals surface area contributed by atoms with Crippen LogP contribution in [-0.2, 0) is 0 Å². The van der Waals surface area contributed by atoms with Gasteiger partial charge in [-0.3, -0.25) is 4.79 Å². The van der Waals surface area contributed by atoms with Crippen molar-refractivity contribution in [1.82, 2.24) is 5.32 Å². The summed E-state index contributed by atoms with van der Waals surface area (Å²) >= 11 is 0. The highest BCUT2D eigenvalue weighted by atomic mass is 16.3. The van der Waals surface area contributed by atoms with Crippen molar-refractivity contribution in [2.45, 2.75) is 6.42 Å². The third-order valence-corrected chi connectivity index (χ3v) is 1.66. The Hall–Kier alpha value is -1.95. The highest BCUT2D eigenvalue weighted by Crippen LogP contribution is 2.10. The Morgan fingerprint density at radius 2 is 2.36 bits per heavy atom. The fourth-order valence-electron chi connectivity index (χ4n) is 0.997. The van der Waals surface area contributed by atoms with Gasteiger partial charge in [-0.2, -0.15) is 0 Å². The summed E-state index contributed by atoms with van der Waals surface area (Å²) in [5, 5.41) is 11.8. The summed E-state index contributed by atoms with van der Waals surface area (Å²) in [6.45, 7) is 0.449. The van der Waals surface area contributed by atoms with Crippen molar-refractivity contribution in [3.63, 3.8) is 0 Å². The highest BCUT2D eigenvalue weighted by molar-refractivity contribution is 5.94. The Morgan fingerprint density at radius 1 is 1.57 bits per heavy atom. The summed E-state index contributed by atoms with van der Waals surface area (Å²) < 4.78 is 0. The van der Waals surface area contributed by atoms with Gasteiger partial charge in [0.15, 0.2) is 0 Å². The van der Waals surface area contributed by atoms with E-state index in [1.807, 2.05) is 0 Å². The number of benzene rings is 1. The smallest absolute Gasteiger partial charge is 0.251 e. The van der Waals surface area contributed by atoms with E-state index in [1.54, 1.807) is 12.1 Å². The molecule has 0 bridgehead atoms. The zero-order chi connectivity index (χ0) is 10.4. The lowest BCUT2D eigenvalue weighted by Crippen LogP contribution is -2.23. The first kappa shape index (κ1) is 10.1. The van der Waals surface area contributed by atoms with Gasteiger partial charge in [0.05, 0.1) is 0 Å². The van der Waals surface area contributed by atoms with Crippen LogP contribution in [0.4, 0.5) is 0 Å². The quantitative estimate of drug-likeness (QED) is 0.553. The van der Waals surface area contributed by atoms with Crippen LogP contribution in [0.1, 0.15) is 16.8 Å². The Balaban J connectivity index is 2.57.